The summed E-state index contributed by atoms with van der Waals surface area (Å²) >= 11 is 0. The van der Waals surface area contributed by atoms with Crippen molar-refractivity contribution in [2.24, 2.45) is 0 Å². The predicted molar refractivity (Wildman–Crippen MR) is 54.9 cm³/mol. The molecule has 1 rings (SSSR count). The van der Waals surface area contributed by atoms with E-state index >= 15 is 0 Å². The van der Waals surface area contributed by atoms with Crippen LogP contribution in [-0.2, 0) is 0 Å². The Kier molecular flexibility index (Phi) is 15.1. The quantitative estimate of drug-likeness (QED) is 0.451. The van der Waals surface area contributed by atoms with E-state index in [1.165, 1.54) is 37.7 Å². The summed E-state index contributed by atoms with van der Waals surface area (Å²) in [5.41, 5.74) is 1.46. The highest BCUT2D eigenvalue weighted by molar-refractivity contribution is 4.95. The van der Waals surface area contributed by atoms with Crippen molar-refractivity contribution in [1.82, 2.24) is 0 Å². The maximum absolute atomic E-state index is 3.91. The van der Waals surface area contributed by atoms with Gasteiger partial charge in [-0.05, 0) is 25.7 Å². The minimum atomic E-state index is 1.29. The summed E-state index contributed by atoms with van der Waals surface area (Å²) < 4.78 is 0. The van der Waals surface area contributed by atoms with Gasteiger partial charge in [0.15, 0.2) is 0 Å². The molecule has 0 spiro atoms. The SMILES string of the molecule is C=C1CCCCC1.CC.CC. The summed E-state index contributed by atoms with van der Waals surface area (Å²) in [6, 6.07) is 0. The zero-order chi connectivity index (χ0) is 9.11. The monoisotopic (exact) mass is 156 g/mol. The fourth-order valence-electron chi connectivity index (χ4n) is 1.05. The van der Waals surface area contributed by atoms with Crippen molar-refractivity contribution in [1.29, 1.82) is 0 Å². The van der Waals surface area contributed by atoms with Gasteiger partial charge in [0.2, 0.25) is 0 Å². The Hall–Kier alpha value is -0.260. The Morgan fingerprint density at radius 2 is 1.18 bits per heavy atom. The van der Waals surface area contributed by atoms with Crippen molar-refractivity contribution in [3.8, 4) is 0 Å². The van der Waals surface area contributed by atoms with Crippen LogP contribution in [0.2, 0.25) is 0 Å². The van der Waals surface area contributed by atoms with Gasteiger partial charge in [0.25, 0.3) is 0 Å². The molecule has 0 unspecified atom stereocenters. The van der Waals surface area contributed by atoms with Crippen LogP contribution in [0.4, 0.5) is 0 Å². The van der Waals surface area contributed by atoms with Crippen LogP contribution in [0.15, 0.2) is 12.2 Å². The van der Waals surface area contributed by atoms with E-state index in [2.05, 4.69) is 6.58 Å². The highest BCUT2D eigenvalue weighted by Crippen LogP contribution is 2.20. The molecule has 0 heteroatoms. The van der Waals surface area contributed by atoms with Crippen molar-refractivity contribution in [3.05, 3.63) is 12.2 Å². The summed E-state index contributed by atoms with van der Waals surface area (Å²) in [6.07, 6.45) is 6.79. The molecule has 0 heterocycles. The first-order valence-corrected chi connectivity index (χ1v) is 5.06. The highest BCUT2D eigenvalue weighted by atomic mass is 14.1. The van der Waals surface area contributed by atoms with E-state index in [-0.39, 0.29) is 0 Å². The third-order valence-corrected chi connectivity index (χ3v) is 1.56. The molecular weight excluding hydrogens is 132 g/mol. The molecule has 0 amide bonds. The van der Waals surface area contributed by atoms with E-state index in [1.54, 1.807) is 0 Å². The lowest BCUT2D eigenvalue weighted by Gasteiger charge is -2.10. The average molecular weight is 156 g/mol. The van der Waals surface area contributed by atoms with E-state index in [9.17, 15) is 0 Å². The Bertz CT molecular complexity index is 64.1. The first-order chi connectivity index (χ1) is 5.39. The van der Waals surface area contributed by atoms with Gasteiger partial charge in [0.05, 0.1) is 0 Å². The van der Waals surface area contributed by atoms with Crippen LogP contribution in [0.1, 0.15) is 59.8 Å². The molecule has 1 saturated carbocycles. The lowest BCUT2D eigenvalue weighted by Crippen LogP contribution is -1.90. The highest BCUT2D eigenvalue weighted by Gasteiger charge is 2.00. The molecule has 0 atom stereocenters. The molecule has 0 radical (unpaired) electrons. The average Bonchev–Trinajstić information content (AvgIpc) is 2.13. The molecule has 0 nitrogen and oxygen atoms in total. The van der Waals surface area contributed by atoms with Crippen LogP contribution in [0.25, 0.3) is 0 Å². The Morgan fingerprint density at radius 3 is 1.36 bits per heavy atom. The number of rotatable bonds is 0. The minimum Gasteiger partial charge on any atom is -0.0999 e. The van der Waals surface area contributed by atoms with Crippen LogP contribution >= 0.6 is 0 Å². The van der Waals surface area contributed by atoms with Crippen molar-refractivity contribution < 1.29 is 0 Å². The van der Waals surface area contributed by atoms with E-state index in [1.807, 2.05) is 27.7 Å². The standard InChI is InChI=1S/C7H12.2C2H6/c1-7-5-3-2-4-6-7;2*1-2/h1-6H2;2*1-2H3. The second kappa shape index (κ2) is 12.4. The molecule has 0 N–H and O–H groups in total. The molecule has 0 aromatic carbocycles. The van der Waals surface area contributed by atoms with Gasteiger partial charge in [-0.15, -0.1) is 0 Å². The number of hydrogen-bond donors (Lipinski definition) is 0. The summed E-state index contributed by atoms with van der Waals surface area (Å²) in [7, 11) is 0. The van der Waals surface area contributed by atoms with Gasteiger partial charge in [-0.3, -0.25) is 0 Å². The molecule has 0 saturated heterocycles. The largest absolute Gasteiger partial charge is 0.0999 e. The van der Waals surface area contributed by atoms with Gasteiger partial charge in [-0.25, -0.2) is 0 Å². The first kappa shape index (κ1) is 13.3. The van der Waals surface area contributed by atoms with Crippen LogP contribution in [0, 0.1) is 0 Å². The first-order valence-electron chi connectivity index (χ1n) is 5.06. The van der Waals surface area contributed by atoms with Crippen molar-refractivity contribution >= 4 is 0 Å². The van der Waals surface area contributed by atoms with Crippen molar-refractivity contribution in [3.63, 3.8) is 0 Å². The smallest absolute Gasteiger partial charge is 0.0323 e. The third kappa shape index (κ3) is 9.74. The zero-order valence-electron chi connectivity index (χ0n) is 8.74. The van der Waals surface area contributed by atoms with Gasteiger partial charge in [0, 0.05) is 0 Å². The van der Waals surface area contributed by atoms with E-state index in [0.29, 0.717) is 0 Å². The second-order valence-electron chi connectivity index (χ2n) is 2.31. The molecule has 1 aliphatic carbocycles. The maximum atomic E-state index is 3.91. The zero-order valence-corrected chi connectivity index (χ0v) is 8.74. The van der Waals surface area contributed by atoms with Crippen molar-refractivity contribution in [2.75, 3.05) is 0 Å². The topological polar surface area (TPSA) is 0 Å². The molecule has 0 bridgehead atoms. The fourth-order valence-corrected chi connectivity index (χ4v) is 1.05. The maximum Gasteiger partial charge on any atom is -0.0323 e. The van der Waals surface area contributed by atoms with Gasteiger partial charge >= 0.3 is 0 Å². The van der Waals surface area contributed by atoms with Gasteiger partial charge < -0.3 is 0 Å². The van der Waals surface area contributed by atoms with Crippen molar-refractivity contribution in [2.45, 2.75) is 59.8 Å². The Morgan fingerprint density at radius 1 is 0.818 bits per heavy atom. The van der Waals surface area contributed by atoms with Gasteiger partial charge in [-0.2, -0.15) is 0 Å². The van der Waals surface area contributed by atoms with E-state index in [4.69, 9.17) is 0 Å². The summed E-state index contributed by atoms with van der Waals surface area (Å²) in [5, 5.41) is 0. The molecule has 0 aromatic rings. The molecule has 0 aliphatic heterocycles. The molecular formula is C11H24. The number of hydrogen-bond acceptors (Lipinski definition) is 0. The number of allylic oxidation sites excluding steroid dienone is 1. The van der Waals surface area contributed by atoms with Crippen LogP contribution in [-0.4, -0.2) is 0 Å². The molecule has 11 heavy (non-hydrogen) atoms. The summed E-state index contributed by atoms with van der Waals surface area (Å²) in [6.45, 7) is 11.9. The van der Waals surface area contributed by atoms with Crippen LogP contribution in [0.5, 0.6) is 0 Å². The summed E-state index contributed by atoms with van der Waals surface area (Å²) in [4.78, 5) is 0. The lowest BCUT2D eigenvalue weighted by molar-refractivity contribution is 0.601. The Labute approximate surface area is 72.7 Å². The molecule has 68 valence electrons. The van der Waals surface area contributed by atoms with E-state index < -0.39 is 0 Å². The van der Waals surface area contributed by atoms with Gasteiger partial charge in [0.1, 0.15) is 0 Å². The fraction of sp³-hybridized carbons (Fsp3) is 0.818. The van der Waals surface area contributed by atoms with E-state index in [0.717, 1.165) is 0 Å². The predicted octanol–water partition coefficient (Wildman–Crippen LogP) is 4.56. The second-order valence-corrected chi connectivity index (χ2v) is 2.31. The molecule has 0 aromatic heterocycles. The van der Waals surface area contributed by atoms with Crippen LogP contribution < -0.4 is 0 Å². The van der Waals surface area contributed by atoms with Gasteiger partial charge in [-0.1, -0.05) is 46.3 Å². The Balaban J connectivity index is 0. The molecule has 1 aliphatic rings. The lowest BCUT2D eigenvalue weighted by atomic mass is 9.97. The van der Waals surface area contributed by atoms with Crippen LogP contribution in [0.3, 0.4) is 0 Å². The summed E-state index contributed by atoms with van der Waals surface area (Å²) in [5.74, 6) is 0. The molecule has 1 fully saturated rings. The third-order valence-electron chi connectivity index (χ3n) is 1.56. The minimum absolute atomic E-state index is 1.29. The normalized spacial score (nSPS) is 15.5.